The summed E-state index contributed by atoms with van der Waals surface area (Å²) in [5, 5.41) is 13.9. The molecule has 1 amide bonds. The molecular formula is C17H23N2O5S-. The van der Waals surface area contributed by atoms with Gasteiger partial charge in [0.05, 0.1) is 4.90 Å². The molecule has 1 aromatic rings. The fraction of sp³-hybridized carbons (Fsp3) is 0.529. The molecule has 2 rings (SSSR count). The average molecular weight is 367 g/mol. The molecule has 0 unspecified atom stereocenters. The maximum Gasteiger partial charge on any atom is 0.240 e. The molecule has 2 N–H and O–H groups in total. The van der Waals surface area contributed by atoms with Crippen molar-refractivity contribution in [2.75, 3.05) is 5.32 Å². The van der Waals surface area contributed by atoms with Crippen molar-refractivity contribution in [1.29, 1.82) is 0 Å². The molecule has 0 spiro atoms. The van der Waals surface area contributed by atoms with Crippen LogP contribution in [0, 0.1) is 11.8 Å². The number of carboxylic acid groups (broad SMARTS) is 1. The quantitative estimate of drug-likeness (QED) is 0.774. The number of carboxylic acids is 1. The molecule has 1 aliphatic carbocycles. The minimum absolute atomic E-state index is 0.101. The van der Waals surface area contributed by atoms with Crippen LogP contribution in [0.15, 0.2) is 29.2 Å². The van der Waals surface area contributed by atoms with E-state index in [0.717, 1.165) is 12.8 Å². The lowest BCUT2D eigenvalue weighted by molar-refractivity contribution is -0.313. The first-order valence-electron chi connectivity index (χ1n) is 8.35. The molecule has 138 valence electrons. The molecule has 1 saturated carbocycles. The number of hydrogen-bond donors (Lipinski definition) is 2. The maximum atomic E-state index is 12.4. The predicted molar refractivity (Wildman–Crippen MR) is 91.0 cm³/mol. The molecule has 0 radical (unpaired) electrons. The third-order valence-electron chi connectivity index (χ3n) is 4.23. The highest BCUT2D eigenvalue weighted by Gasteiger charge is 2.31. The van der Waals surface area contributed by atoms with Gasteiger partial charge in [-0.15, -0.1) is 0 Å². The van der Waals surface area contributed by atoms with Gasteiger partial charge in [0.15, 0.2) is 0 Å². The van der Waals surface area contributed by atoms with Gasteiger partial charge in [-0.1, -0.05) is 12.8 Å². The molecule has 0 aliphatic heterocycles. The minimum Gasteiger partial charge on any atom is -0.550 e. The number of sulfonamides is 1. The number of hydrogen-bond acceptors (Lipinski definition) is 5. The number of nitrogens with one attached hydrogen (secondary N) is 2. The van der Waals surface area contributed by atoms with E-state index in [0.29, 0.717) is 18.5 Å². The van der Waals surface area contributed by atoms with E-state index >= 15 is 0 Å². The van der Waals surface area contributed by atoms with Crippen molar-refractivity contribution >= 4 is 27.6 Å². The second-order valence-electron chi connectivity index (χ2n) is 6.61. The first-order chi connectivity index (χ1) is 11.7. The molecular weight excluding hydrogens is 344 g/mol. The van der Waals surface area contributed by atoms with E-state index < -0.39 is 27.8 Å². The van der Waals surface area contributed by atoms with Gasteiger partial charge < -0.3 is 15.2 Å². The molecule has 1 aliphatic rings. The number of anilines is 1. The smallest absolute Gasteiger partial charge is 0.240 e. The number of aliphatic carboxylic acids is 1. The fourth-order valence-electron chi connectivity index (χ4n) is 3.06. The van der Waals surface area contributed by atoms with Crippen molar-refractivity contribution in [3.05, 3.63) is 24.3 Å². The summed E-state index contributed by atoms with van der Waals surface area (Å²) in [5.41, 5.74) is 0.427. The van der Waals surface area contributed by atoms with Crippen molar-refractivity contribution in [2.45, 2.75) is 50.5 Å². The third kappa shape index (κ3) is 5.02. The Bertz CT molecular complexity index is 728. The highest BCUT2D eigenvalue weighted by molar-refractivity contribution is 7.89. The first kappa shape index (κ1) is 19.4. The van der Waals surface area contributed by atoms with E-state index in [1.165, 1.54) is 24.3 Å². The summed E-state index contributed by atoms with van der Waals surface area (Å²) < 4.78 is 26.6. The standard InChI is InChI=1S/C17H24N2O5S/c1-11(2)19-25(23,24)13-9-7-12(8-10-13)18-16(20)14-5-3-4-6-15(14)17(21)22/h7-11,14-15,19H,3-6H2,1-2H3,(H,18,20)(H,21,22)/p-1/t14-,15+/m1/s1. The van der Waals surface area contributed by atoms with Crippen molar-refractivity contribution in [3.8, 4) is 0 Å². The van der Waals surface area contributed by atoms with Crippen molar-refractivity contribution < 1.29 is 23.1 Å². The lowest BCUT2D eigenvalue weighted by Crippen LogP contribution is -2.42. The number of carbonyl (C=O) groups is 2. The topological polar surface area (TPSA) is 115 Å². The van der Waals surface area contributed by atoms with Gasteiger partial charge in [-0.3, -0.25) is 4.79 Å². The number of amides is 1. The Morgan fingerprint density at radius 1 is 1.08 bits per heavy atom. The maximum absolute atomic E-state index is 12.4. The highest BCUT2D eigenvalue weighted by atomic mass is 32.2. The van der Waals surface area contributed by atoms with E-state index in [-0.39, 0.29) is 16.8 Å². The van der Waals surface area contributed by atoms with Gasteiger partial charge in [-0.2, -0.15) is 0 Å². The van der Waals surface area contributed by atoms with Crippen LogP contribution in [0.25, 0.3) is 0 Å². The Morgan fingerprint density at radius 3 is 2.16 bits per heavy atom. The van der Waals surface area contributed by atoms with Gasteiger partial charge in [-0.25, -0.2) is 13.1 Å². The molecule has 0 bridgehead atoms. The van der Waals surface area contributed by atoms with Crippen LogP contribution in [-0.4, -0.2) is 26.3 Å². The minimum atomic E-state index is -3.59. The van der Waals surface area contributed by atoms with Crippen molar-refractivity contribution in [2.24, 2.45) is 11.8 Å². The van der Waals surface area contributed by atoms with Gasteiger partial charge >= 0.3 is 0 Å². The zero-order valence-corrected chi connectivity index (χ0v) is 15.1. The van der Waals surface area contributed by atoms with Crippen LogP contribution < -0.4 is 15.1 Å². The average Bonchev–Trinajstić information content (AvgIpc) is 2.54. The van der Waals surface area contributed by atoms with Crippen molar-refractivity contribution in [1.82, 2.24) is 4.72 Å². The van der Waals surface area contributed by atoms with Crippen LogP contribution in [-0.2, 0) is 19.6 Å². The molecule has 0 aromatic heterocycles. The highest BCUT2D eigenvalue weighted by Crippen LogP contribution is 2.30. The first-order valence-corrected chi connectivity index (χ1v) is 9.83. The zero-order valence-electron chi connectivity index (χ0n) is 14.3. The molecule has 0 heterocycles. The van der Waals surface area contributed by atoms with Crippen LogP contribution >= 0.6 is 0 Å². The lowest BCUT2D eigenvalue weighted by Gasteiger charge is -2.31. The molecule has 2 atom stereocenters. The van der Waals surface area contributed by atoms with Gasteiger partial charge in [0, 0.05) is 29.5 Å². The summed E-state index contributed by atoms with van der Waals surface area (Å²) in [7, 11) is -3.59. The Labute approximate surface area is 147 Å². The van der Waals surface area contributed by atoms with E-state index in [1.807, 2.05) is 0 Å². The normalized spacial score (nSPS) is 21.1. The van der Waals surface area contributed by atoms with Crippen LogP contribution in [0.4, 0.5) is 5.69 Å². The summed E-state index contributed by atoms with van der Waals surface area (Å²) in [4.78, 5) is 23.7. The molecule has 7 nitrogen and oxygen atoms in total. The van der Waals surface area contributed by atoms with Crippen LogP contribution in [0.5, 0.6) is 0 Å². The molecule has 25 heavy (non-hydrogen) atoms. The molecule has 1 fully saturated rings. The summed E-state index contributed by atoms with van der Waals surface area (Å²) in [5.74, 6) is -2.96. The SMILES string of the molecule is CC(C)NS(=O)(=O)c1ccc(NC(=O)[C@@H]2CCCC[C@@H]2C(=O)[O-])cc1. The van der Waals surface area contributed by atoms with Crippen molar-refractivity contribution in [3.63, 3.8) is 0 Å². The van der Waals surface area contributed by atoms with Gasteiger partial charge in [0.1, 0.15) is 0 Å². The Morgan fingerprint density at radius 2 is 1.64 bits per heavy atom. The Kier molecular flexibility index (Phi) is 6.18. The van der Waals surface area contributed by atoms with E-state index in [9.17, 15) is 23.1 Å². The van der Waals surface area contributed by atoms with E-state index in [2.05, 4.69) is 10.0 Å². The molecule has 0 saturated heterocycles. The van der Waals surface area contributed by atoms with Gasteiger partial charge in [0.2, 0.25) is 15.9 Å². The number of benzene rings is 1. The summed E-state index contributed by atoms with van der Waals surface area (Å²) in [6, 6.07) is 5.56. The van der Waals surface area contributed by atoms with Gasteiger partial charge in [0.25, 0.3) is 0 Å². The fourth-order valence-corrected chi connectivity index (χ4v) is 4.31. The number of rotatable bonds is 6. The Balaban J connectivity index is 2.08. The van der Waals surface area contributed by atoms with Crippen LogP contribution in [0.3, 0.4) is 0 Å². The van der Waals surface area contributed by atoms with Gasteiger partial charge in [-0.05, 0) is 51.0 Å². The largest absolute Gasteiger partial charge is 0.550 e. The third-order valence-corrected chi connectivity index (χ3v) is 5.90. The van der Waals surface area contributed by atoms with Crippen LogP contribution in [0.1, 0.15) is 39.5 Å². The summed E-state index contributed by atoms with van der Waals surface area (Å²) in [6.07, 6.45) is 2.53. The summed E-state index contributed by atoms with van der Waals surface area (Å²) >= 11 is 0. The number of carbonyl (C=O) groups excluding carboxylic acids is 2. The van der Waals surface area contributed by atoms with E-state index in [1.54, 1.807) is 13.8 Å². The van der Waals surface area contributed by atoms with Crippen LogP contribution in [0.2, 0.25) is 0 Å². The lowest BCUT2D eigenvalue weighted by atomic mass is 9.78. The summed E-state index contributed by atoms with van der Waals surface area (Å²) in [6.45, 7) is 3.45. The Hall–Kier alpha value is -1.93. The zero-order chi connectivity index (χ0) is 18.6. The second-order valence-corrected chi connectivity index (χ2v) is 8.32. The second kappa shape index (κ2) is 7.97. The predicted octanol–water partition coefficient (Wildman–Crippen LogP) is 0.868. The monoisotopic (exact) mass is 367 g/mol. The molecule has 8 heteroatoms. The van der Waals surface area contributed by atoms with E-state index in [4.69, 9.17) is 0 Å². The molecule has 1 aromatic carbocycles.